The molecule has 2 rings (SSSR count). The molecule has 116 valence electrons. The molecule has 0 unspecified atom stereocenters. The molecule has 0 atom stereocenters. The quantitative estimate of drug-likeness (QED) is 0.797. The highest BCUT2D eigenvalue weighted by atomic mass is 35.5. The number of rotatable bonds is 7. The minimum absolute atomic E-state index is 0.127. The zero-order chi connectivity index (χ0) is 15.8. The zero-order valence-corrected chi connectivity index (χ0v) is 13.1. The van der Waals surface area contributed by atoms with Crippen LogP contribution >= 0.6 is 11.6 Å². The predicted molar refractivity (Wildman–Crippen MR) is 86.4 cm³/mol. The summed E-state index contributed by atoms with van der Waals surface area (Å²) in [6.07, 6.45) is 0. The van der Waals surface area contributed by atoms with Crippen molar-refractivity contribution in [2.24, 2.45) is 0 Å². The first-order valence-electron chi connectivity index (χ1n) is 6.93. The molecule has 0 aromatic heterocycles. The summed E-state index contributed by atoms with van der Waals surface area (Å²) in [7, 11) is 1.63. The Morgan fingerprint density at radius 3 is 2.68 bits per heavy atom. The van der Waals surface area contributed by atoms with Gasteiger partial charge in [-0.05, 0) is 42.0 Å². The molecule has 4 nitrogen and oxygen atoms in total. The Kier molecular flexibility index (Phi) is 6.25. The van der Waals surface area contributed by atoms with Gasteiger partial charge in [-0.15, -0.1) is 0 Å². The molecule has 0 aliphatic carbocycles. The topological polar surface area (TPSA) is 47.6 Å². The van der Waals surface area contributed by atoms with Gasteiger partial charge in [0.15, 0.2) is 0 Å². The van der Waals surface area contributed by atoms with Crippen molar-refractivity contribution in [1.82, 2.24) is 5.32 Å². The second kappa shape index (κ2) is 8.41. The number of carbonyl (C=O) groups is 1. The van der Waals surface area contributed by atoms with E-state index in [-0.39, 0.29) is 5.91 Å². The van der Waals surface area contributed by atoms with Crippen LogP contribution in [0.25, 0.3) is 0 Å². The SMILES string of the molecule is COCc1cccc(C(=O)NCCOc2ccc(Cl)cc2)c1. The molecule has 0 bridgehead atoms. The van der Waals surface area contributed by atoms with E-state index in [1.54, 1.807) is 37.4 Å². The first kappa shape index (κ1) is 16.3. The van der Waals surface area contributed by atoms with E-state index in [1.165, 1.54) is 0 Å². The van der Waals surface area contributed by atoms with Crippen LogP contribution in [0.2, 0.25) is 5.02 Å². The van der Waals surface area contributed by atoms with Crippen molar-refractivity contribution in [3.63, 3.8) is 0 Å². The molecule has 1 N–H and O–H groups in total. The number of amides is 1. The summed E-state index contributed by atoms with van der Waals surface area (Å²) in [5.74, 6) is 0.596. The Bertz CT molecular complexity index is 614. The molecule has 5 heteroatoms. The molecular weight excluding hydrogens is 302 g/mol. The highest BCUT2D eigenvalue weighted by Crippen LogP contribution is 2.15. The fourth-order valence-electron chi connectivity index (χ4n) is 1.94. The fraction of sp³-hybridized carbons (Fsp3) is 0.235. The lowest BCUT2D eigenvalue weighted by atomic mass is 10.1. The number of nitrogens with one attached hydrogen (secondary N) is 1. The van der Waals surface area contributed by atoms with E-state index in [1.807, 2.05) is 18.2 Å². The number of halogens is 1. The number of hydrogen-bond donors (Lipinski definition) is 1. The molecule has 0 aliphatic heterocycles. The minimum atomic E-state index is -0.127. The van der Waals surface area contributed by atoms with Crippen molar-refractivity contribution in [3.05, 3.63) is 64.7 Å². The van der Waals surface area contributed by atoms with Gasteiger partial charge >= 0.3 is 0 Å². The number of ether oxygens (including phenoxy) is 2. The highest BCUT2D eigenvalue weighted by molar-refractivity contribution is 6.30. The third-order valence-electron chi connectivity index (χ3n) is 2.97. The first-order valence-corrected chi connectivity index (χ1v) is 7.31. The predicted octanol–water partition coefficient (Wildman–Crippen LogP) is 3.30. The molecule has 0 heterocycles. The van der Waals surface area contributed by atoms with Crippen LogP contribution in [0.3, 0.4) is 0 Å². The van der Waals surface area contributed by atoms with Crippen LogP contribution in [0, 0.1) is 0 Å². The van der Waals surface area contributed by atoms with E-state index >= 15 is 0 Å². The molecule has 1 amide bonds. The van der Waals surface area contributed by atoms with Crippen LogP contribution < -0.4 is 10.1 Å². The van der Waals surface area contributed by atoms with Crippen molar-refractivity contribution in [2.45, 2.75) is 6.61 Å². The van der Waals surface area contributed by atoms with Gasteiger partial charge in [0.05, 0.1) is 13.2 Å². The summed E-state index contributed by atoms with van der Waals surface area (Å²) in [5.41, 5.74) is 1.58. The molecule has 0 radical (unpaired) electrons. The van der Waals surface area contributed by atoms with Gasteiger partial charge in [-0.3, -0.25) is 4.79 Å². The lowest BCUT2D eigenvalue weighted by Crippen LogP contribution is -2.28. The van der Waals surface area contributed by atoms with Gasteiger partial charge < -0.3 is 14.8 Å². The molecule has 2 aromatic carbocycles. The summed E-state index contributed by atoms with van der Waals surface area (Å²) < 4.78 is 10.6. The summed E-state index contributed by atoms with van der Waals surface area (Å²) in [4.78, 5) is 12.0. The Balaban J connectivity index is 1.77. The molecule has 0 saturated heterocycles. The van der Waals surface area contributed by atoms with Gasteiger partial charge in [-0.1, -0.05) is 23.7 Å². The summed E-state index contributed by atoms with van der Waals surface area (Å²) in [5, 5.41) is 3.48. The van der Waals surface area contributed by atoms with Crippen molar-refractivity contribution in [2.75, 3.05) is 20.3 Å². The van der Waals surface area contributed by atoms with Crippen LogP contribution in [0.4, 0.5) is 0 Å². The maximum Gasteiger partial charge on any atom is 0.251 e. The van der Waals surface area contributed by atoms with Crippen LogP contribution in [-0.4, -0.2) is 26.2 Å². The van der Waals surface area contributed by atoms with E-state index in [4.69, 9.17) is 21.1 Å². The summed E-state index contributed by atoms with van der Waals surface area (Å²) >= 11 is 5.80. The maximum absolute atomic E-state index is 12.0. The van der Waals surface area contributed by atoms with Crippen molar-refractivity contribution >= 4 is 17.5 Å². The third-order valence-corrected chi connectivity index (χ3v) is 3.22. The summed E-state index contributed by atoms with van der Waals surface area (Å²) in [6, 6.07) is 14.5. The van der Waals surface area contributed by atoms with Crippen molar-refractivity contribution in [1.29, 1.82) is 0 Å². The van der Waals surface area contributed by atoms with E-state index in [2.05, 4.69) is 5.32 Å². The molecular formula is C17H18ClNO3. The molecule has 22 heavy (non-hydrogen) atoms. The van der Waals surface area contributed by atoms with Crippen LogP contribution in [0.5, 0.6) is 5.75 Å². The Morgan fingerprint density at radius 2 is 1.95 bits per heavy atom. The molecule has 0 spiro atoms. The largest absolute Gasteiger partial charge is 0.492 e. The highest BCUT2D eigenvalue weighted by Gasteiger charge is 2.05. The maximum atomic E-state index is 12.0. The Hall–Kier alpha value is -2.04. The van der Waals surface area contributed by atoms with Gasteiger partial charge in [-0.25, -0.2) is 0 Å². The monoisotopic (exact) mass is 319 g/mol. The second-order valence-corrected chi connectivity index (χ2v) is 5.13. The van der Waals surface area contributed by atoms with Crippen LogP contribution in [0.15, 0.2) is 48.5 Å². The van der Waals surface area contributed by atoms with E-state index in [0.717, 1.165) is 11.3 Å². The number of benzene rings is 2. The van der Waals surface area contributed by atoms with Crippen molar-refractivity contribution in [3.8, 4) is 5.75 Å². The summed E-state index contributed by atoms with van der Waals surface area (Å²) in [6.45, 7) is 1.31. The molecule has 0 fully saturated rings. The number of hydrogen-bond acceptors (Lipinski definition) is 3. The molecule has 0 saturated carbocycles. The van der Waals surface area contributed by atoms with E-state index in [0.29, 0.717) is 30.3 Å². The lowest BCUT2D eigenvalue weighted by Gasteiger charge is -2.08. The Morgan fingerprint density at radius 1 is 1.18 bits per heavy atom. The van der Waals surface area contributed by atoms with Gasteiger partial charge in [0.2, 0.25) is 0 Å². The minimum Gasteiger partial charge on any atom is -0.492 e. The van der Waals surface area contributed by atoms with Crippen LogP contribution in [0.1, 0.15) is 15.9 Å². The van der Waals surface area contributed by atoms with Gasteiger partial charge in [-0.2, -0.15) is 0 Å². The standard InChI is InChI=1S/C17H18ClNO3/c1-21-12-13-3-2-4-14(11-13)17(20)19-9-10-22-16-7-5-15(18)6-8-16/h2-8,11H,9-10,12H2,1H3,(H,19,20). The number of methoxy groups -OCH3 is 1. The molecule has 2 aromatic rings. The van der Waals surface area contributed by atoms with E-state index in [9.17, 15) is 4.79 Å². The lowest BCUT2D eigenvalue weighted by molar-refractivity contribution is 0.0946. The van der Waals surface area contributed by atoms with Gasteiger partial charge in [0.25, 0.3) is 5.91 Å². The smallest absolute Gasteiger partial charge is 0.251 e. The average Bonchev–Trinajstić information content (AvgIpc) is 2.53. The van der Waals surface area contributed by atoms with Gasteiger partial charge in [0, 0.05) is 17.7 Å². The number of carbonyl (C=O) groups excluding carboxylic acids is 1. The second-order valence-electron chi connectivity index (χ2n) is 4.69. The normalized spacial score (nSPS) is 10.3. The van der Waals surface area contributed by atoms with Crippen molar-refractivity contribution < 1.29 is 14.3 Å². The first-order chi connectivity index (χ1) is 10.7. The van der Waals surface area contributed by atoms with E-state index < -0.39 is 0 Å². The Labute approximate surface area is 135 Å². The fourth-order valence-corrected chi connectivity index (χ4v) is 2.06. The third kappa shape index (κ3) is 5.06. The van der Waals surface area contributed by atoms with Gasteiger partial charge in [0.1, 0.15) is 12.4 Å². The average molecular weight is 320 g/mol. The van der Waals surface area contributed by atoms with Crippen LogP contribution in [-0.2, 0) is 11.3 Å². The zero-order valence-electron chi connectivity index (χ0n) is 12.3. The molecule has 0 aliphatic rings.